The molecule has 0 spiro atoms. The lowest BCUT2D eigenvalue weighted by Crippen LogP contribution is -2.24. The highest BCUT2D eigenvalue weighted by molar-refractivity contribution is 5.95. The molecule has 2 aromatic rings. The number of hydrogen-bond donors (Lipinski definition) is 2. The van der Waals surface area contributed by atoms with Gasteiger partial charge in [0.25, 0.3) is 11.8 Å². The molecule has 3 N–H and O–H groups in total. The molecule has 0 bridgehead atoms. The molecule has 0 unspecified atom stereocenters. The van der Waals surface area contributed by atoms with Crippen molar-refractivity contribution >= 4 is 23.5 Å². The van der Waals surface area contributed by atoms with Gasteiger partial charge in [0.05, 0.1) is 5.56 Å². The van der Waals surface area contributed by atoms with E-state index in [4.69, 9.17) is 15.2 Å². The van der Waals surface area contributed by atoms with Gasteiger partial charge in [0.2, 0.25) is 0 Å². The molecule has 0 aliphatic carbocycles. The molecule has 7 heteroatoms. The molecule has 0 radical (unpaired) electrons. The van der Waals surface area contributed by atoms with Crippen LogP contribution in [0.1, 0.15) is 15.9 Å². The lowest BCUT2D eigenvalue weighted by molar-refractivity contribution is -0.149. The van der Waals surface area contributed by atoms with Crippen LogP contribution in [0.15, 0.2) is 48.5 Å². The number of ether oxygens (including phenoxy) is 2. The summed E-state index contributed by atoms with van der Waals surface area (Å²) in [6.07, 6.45) is 0. The number of rotatable bonds is 7. The van der Waals surface area contributed by atoms with Gasteiger partial charge in [-0.15, -0.1) is 0 Å². The second-order valence-corrected chi connectivity index (χ2v) is 5.23. The second kappa shape index (κ2) is 8.49. The summed E-state index contributed by atoms with van der Waals surface area (Å²) in [4.78, 5) is 34.7. The third-order valence-electron chi connectivity index (χ3n) is 3.16. The molecular formula is C18H18N2O5. The average molecular weight is 342 g/mol. The molecule has 0 aliphatic heterocycles. The summed E-state index contributed by atoms with van der Waals surface area (Å²) in [7, 11) is 0. The van der Waals surface area contributed by atoms with Crippen LogP contribution in [0.3, 0.4) is 0 Å². The van der Waals surface area contributed by atoms with Crippen molar-refractivity contribution in [2.24, 2.45) is 5.73 Å². The number of esters is 1. The van der Waals surface area contributed by atoms with Crippen LogP contribution >= 0.6 is 0 Å². The lowest BCUT2D eigenvalue weighted by atomic mass is 10.2. The minimum Gasteiger partial charge on any atom is -0.481 e. The first-order valence-corrected chi connectivity index (χ1v) is 7.49. The predicted octanol–water partition coefficient (Wildman–Crippen LogP) is 1.65. The van der Waals surface area contributed by atoms with Crippen LogP contribution in [0.25, 0.3) is 0 Å². The van der Waals surface area contributed by atoms with Gasteiger partial charge in [0, 0.05) is 5.69 Å². The highest BCUT2D eigenvalue weighted by atomic mass is 16.6. The van der Waals surface area contributed by atoms with E-state index >= 15 is 0 Å². The highest BCUT2D eigenvalue weighted by Gasteiger charge is 2.12. The van der Waals surface area contributed by atoms with E-state index in [2.05, 4.69) is 5.32 Å². The fourth-order valence-electron chi connectivity index (χ4n) is 2.04. The van der Waals surface area contributed by atoms with Crippen molar-refractivity contribution in [2.75, 3.05) is 18.5 Å². The Morgan fingerprint density at radius 2 is 1.80 bits per heavy atom. The van der Waals surface area contributed by atoms with E-state index in [0.717, 1.165) is 5.56 Å². The predicted molar refractivity (Wildman–Crippen MR) is 91.2 cm³/mol. The Hall–Kier alpha value is -3.35. The van der Waals surface area contributed by atoms with Gasteiger partial charge in [-0.05, 0) is 36.8 Å². The Balaban J connectivity index is 1.79. The molecule has 2 aromatic carbocycles. The number of carbonyl (C=O) groups is 3. The fraction of sp³-hybridized carbons (Fsp3) is 0.167. The number of aryl methyl sites for hydroxylation is 1. The first-order valence-electron chi connectivity index (χ1n) is 7.49. The molecule has 0 saturated heterocycles. The summed E-state index contributed by atoms with van der Waals surface area (Å²) < 4.78 is 10.1. The molecule has 25 heavy (non-hydrogen) atoms. The topological polar surface area (TPSA) is 108 Å². The lowest BCUT2D eigenvalue weighted by Gasteiger charge is -2.10. The molecule has 0 aliphatic rings. The first-order chi connectivity index (χ1) is 12.0. The minimum atomic E-state index is -0.737. The number of hydrogen-bond acceptors (Lipinski definition) is 5. The van der Waals surface area contributed by atoms with Crippen LogP contribution in [0.4, 0.5) is 5.69 Å². The third-order valence-corrected chi connectivity index (χ3v) is 3.16. The molecule has 0 fully saturated rings. The number of carbonyl (C=O) groups excluding carboxylic acids is 3. The van der Waals surface area contributed by atoms with Crippen molar-refractivity contribution in [1.82, 2.24) is 0 Å². The van der Waals surface area contributed by atoms with Crippen LogP contribution in [0.2, 0.25) is 0 Å². The SMILES string of the molecule is Cc1cccc(NC(=O)COC(=O)COc2ccccc2C(N)=O)c1. The van der Waals surface area contributed by atoms with E-state index in [1.54, 1.807) is 30.3 Å². The Morgan fingerprint density at radius 3 is 2.52 bits per heavy atom. The first kappa shape index (κ1) is 18.0. The maximum Gasteiger partial charge on any atom is 0.344 e. The number of nitrogens with two attached hydrogens (primary N) is 1. The standard InChI is InChI=1S/C18H18N2O5/c1-12-5-4-6-13(9-12)20-16(21)10-25-17(22)11-24-15-8-3-2-7-14(15)18(19)23/h2-9H,10-11H2,1H3,(H2,19,23)(H,20,21). The van der Waals surface area contributed by atoms with Crippen molar-refractivity contribution < 1.29 is 23.9 Å². The molecule has 0 saturated carbocycles. The van der Waals surface area contributed by atoms with Crippen LogP contribution < -0.4 is 15.8 Å². The Morgan fingerprint density at radius 1 is 1.04 bits per heavy atom. The average Bonchev–Trinajstić information content (AvgIpc) is 2.58. The summed E-state index contributed by atoms with van der Waals surface area (Å²) in [5.74, 6) is -1.69. The summed E-state index contributed by atoms with van der Waals surface area (Å²) in [6, 6.07) is 13.5. The van der Waals surface area contributed by atoms with Gasteiger partial charge < -0.3 is 20.5 Å². The number of primary amides is 1. The van der Waals surface area contributed by atoms with Gasteiger partial charge in [-0.25, -0.2) is 4.79 Å². The van der Waals surface area contributed by atoms with E-state index in [-0.39, 0.29) is 11.3 Å². The maximum absolute atomic E-state index is 11.8. The van der Waals surface area contributed by atoms with E-state index < -0.39 is 31.0 Å². The van der Waals surface area contributed by atoms with Crippen molar-refractivity contribution in [1.29, 1.82) is 0 Å². The highest BCUT2D eigenvalue weighted by Crippen LogP contribution is 2.17. The monoisotopic (exact) mass is 342 g/mol. The number of amides is 2. The molecule has 7 nitrogen and oxygen atoms in total. The molecule has 0 heterocycles. The zero-order chi connectivity index (χ0) is 18.2. The maximum atomic E-state index is 11.8. The van der Waals surface area contributed by atoms with Gasteiger partial charge >= 0.3 is 5.97 Å². The van der Waals surface area contributed by atoms with Crippen molar-refractivity contribution in [3.63, 3.8) is 0 Å². The third kappa shape index (κ3) is 5.65. The van der Waals surface area contributed by atoms with Crippen LogP contribution in [-0.2, 0) is 14.3 Å². The minimum absolute atomic E-state index is 0.160. The molecule has 2 rings (SSSR count). The summed E-state index contributed by atoms with van der Waals surface area (Å²) >= 11 is 0. The van der Waals surface area contributed by atoms with Crippen LogP contribution in [0.5, 0.6) is 5.75 Å². The van der Waals surface area contributed by atoms with Gasteiger partial charge in [0.15, 0.2) is 13.2 Å². The number of benzene rings is 2. The van der Waals surface area contributed by atoms with E-state index in [1.165, 1.54) is 12.1 Å². The largest absolute Gasteiger partial charge is 0.481 e. The summed E-state index contributed by atoms with van der Waals surface area (Å²) in [5, 5.41) is 2.62. The van der Waals surface area contributed by atoms with Gasteiger partial charge in [-0.1, -0.05) is 24.3 Å². The molecule has 2 amide bonds. The van der Waals surface area contributed by atoms with Crippen molar-refractivity contribution in [3.05, 3.63) is 59.7 Å². The molecular weight excluding hydrogens is 324 g/mol. The fourth-order valence-corrected chi connectivity index (χ4v) is 2.04. The van der Waals surface area contributed by atoms with Crippen LogP contribution in [-0.4, -0.2) is 31.0 Å². The van der Waals surface area contributed by atoms with E-state index in [9.17, 15) is 14.4 Å². The van der Waals surface area contributed by atoms with Gasteiger partial charge in [-0.3, -0.25) is 9.59 Å². The summed E-state index contributed by atoms with van der Waals surface area (Å²) in [5.41, 5.74) is 6.99. The normalized spacial score (nSPS) is 9.96. The number of nitrogens with one attached hydrogen (secondary N) is 1. The zero-order valence-electron chi connectivity index (χ0n) is 13.7. The molecule has 0 aromatic heterocycles. The van der Waals surface area contributed by atoms with E-state index in [1.807, 2.05) is 13.0 Å². The molecule has 130 valence electrons. The van der Waals surface area contributed by atoms with Gasteiger partial charge in [0.1, 0.15) is 5.75 Å². The second-order valence-electron chi connectivity index (χ2n) is 5.23. The Kier molecular flexibility index (Phi) is 6.11. The molecule has 0 atom stereocenters. The number of para-hydroxylation sites is 1. The van der Waals surface area contributed by atoms with E-state index in [0.29, 0.717) is 5.69 Å². The zero-order valence-corrected chi connectivity index (χ0v) is 13.7. The number of anilines is 1. The van der Waals surface area contributed by atoms with Gasteiger partial charge in [-0.2, -0.15) is 0 Å². The van der Waals surface area contributed by atoms with Crippen LogP contribution in [0, 0.1) is 6.92 Å². The summed E-state index contributed by atoms with van der Waals surface area (Å²) in [6.45, 7) is 1.02. The quantitative estimate of drug-likeness (QED) is 0.744. The smallest absolute Gasteiger partial charge is 0.344 e. The Labute approximate surface area is 144 Å². The van der Waals surface area contributed by atoms with Crippen molar-refractivity contribution in [2.45, 2.75) is 6.92 Å². The Bertz CT molecular complexity index is 789. The van der Waals surface area contributed by atoms with Crippen molar-refractivity contribution in [3.8, 4) is 5.75 Å².